The van der Waals surface area contributed by atoms with Gasteiger partial charge < -0.3 is 5.11 Å². The SMILES string of the molecule is CCC(=O)O.Cc1c(Cl)nn2c(C3C=CN=NC3)c(-c3ccc(F)cc3)nc2c1C. The molecular formula is C21H21ClFN5O2. The molecule has 7 nitrogen and oxygen atoms in total. The van der Waals surface area contributed by atoms with Gasteiger partial charge in [0.1, 0.15) is 5.82 Å². The fourth-order valence-electron chi connectivity index (χ4n) is 2.97. The lowest BCUT2D eigenvalue weighted by molar-refractivity contribution is -0.136. The molecule has 1 atom stereocenters. The highest BCUT2D eigenvalue weighted by Gasteiger charge is 2.25. The van der Waals surface area contributed by atoms with E-state index in [1.54, 1.807) is 29.8 Å². The van der Waals surface area contributed by atoms with E-state index in [1.807, 2.05) is 19.9 Å². The predicted molar refractivity (Wildman–Crippen MR) is 112 cm³/mol. The Hall–Kier alpha value is -3.13. The van der Waals surface area contributed by atoms with Gasteiger partial charge in [0.25, 0.3) is 0 Å². The molecule has 156 valence electrons. The normalized spacial score (nSPS) is 15.2. The fraction of sp³-hybridized carbons (Fsp3) is 0.286. The maximum Gasteiger partial charge on any atom is 0.303 e. The third-order valence-corrected chi connectivity index (χ3v) is 5.16. The van der Waals surface area contributed by atoms with Crippen molar-refractivity contribution in [3.8, 4) is 11.3 Å². The number of hydrogen-bond donors (Lipinski definition) is 1. The van der Waals surface area contributed by atoms with Gasteiger partial charge in [0, 0.05) is 24.1 Å². The van der Waals surface area contributed by atoms with Crippen LogP contribution in [0.25, 0.3) is 16.9 Å². The number of azo groups is 1. The molecule has 4 rings (SSSR count). The van der Waals surface area contributed by atoms with E-state index >= 15 is 0 Å². The zero-order valence-electron chi connectivity index (χ0n) is 16.8. The molecule has 1 aliphatic rings. The van der Waals surface area contributed by atoms with Crippen LogP contribution >= 0.6 is 11.6 Å². The summed E-state index contributed by atoms with van der Waals surface area (Å²) in [5.74, 6) is -1.06. The van der Waals surface area contributed by atoms with Crippen LogP contribution in [0.3, 0.4) is 0 Å². The fourth-order valence-corrected chi connectivity index (χ4v) is 3.19. The molecule has 3 heterocycles. The summed E-state index contributed by atoms with van der Waals surface area (Å²) < 4.78 is 15.1. The number of fused-ring (bicyclic) bond motifs is 1. The van der Waals surface area contributed by atoms with E-state index in [2.05, 4.69) is 15.3 Å². The number of aryl methyl sites for hydroxylation is 1. The van der Waals surface area contributed by atoms with Gasteiger partial charge in [-0.25, -0.2) is 13.9 Å². The number of carboxylic acids is 1. The summed E-state index contributed by atoms with van der Waals surface area (Å²) in [7, 11) is 0. The van der Waals surface area contributed by atoms with Crippen molar-refractivity contribution in [3.05, 3.63) is 64.3 Å². The van der Waals surface area contributed by atoms with E-state index in [4.69, 9.17) is 21.7 Å². The van der Waals surface area contributed by atoms with E-state index in [9.17, 15) is 9.18 Å². The lowest BCUT2D eigenvalue weighted by Crippen LogP contribution is -2.09. The van der Waals surface area contributed by atoms with Crippen LogP contribution in [0, 0.1) is 19.7 Å². The summed E-state index contributed by atoms with van der Waals surface area (Å²) in [6.45, 7) is 6.00. The van der Waals surface area contributed by atoms with Gasteiger partial charge in [-0.2, -0.15) is 15.3 Å². The molecule has 1 N–H and O–H groups in total. The van der Waals surface area contributed by atoms with Gasteiger partial charge in [0.05, 0.1) is 17.9 Å². The van der Waals surface area contributed by atoms with Crippen LogP contribution in [0.2, 0.25) is 5.15 Å². The van der Waals surface area contributed by atoms with E-state index < -0.39 is 5.97 Å². The summed E-state index contributed by atoms with van der Waals surface area (Å²) in [6.07, 6.45) is 3.86. The second kappa shape index (κ2) is 9.13. The van der Waals surface area contributed by atoms with E-state index in [0.29, 0.717) is 11.7 Å². The molecule has 1 aliphatic heterocycles. The minimum Gasteiger partial charge on any atom is -0.481 e. The van der Waals surface area contributed by atoms with Crippen LogP contribution in [0.4, 0.5) is 4.39 Å². The summed E-state index contributed by atoms with van der Waals surface area (Å²) >= 11 is 6.31. The van der Waals surface area contributed by atoms with E-state index in [1.165, 1.54) is 12.1 Å². The first-order valence-corrected chi connectivity index (χ1v) is 9.77. The van der Waals surface area contributed by atoms with Crippen molar-refractivity contribution in [1.82, 2.24) is 14.6 Å². The van der Waals surface area contributed by atoms with Crippen molar-refractivity contribution in [3.63, 3.8) is 0 Å². The van der Waals surface area contributed by atoms with Crippen molar-refractivity contribution >= 4 is 23.2 Å². The standard InChI is InChI=1S/C18H15ClFN5.C3H6O2/c1-10-11(2)18-23-15(12-3-5-14(20)6-4-12)16(25(18)24-17(10)19)13-7-8-21-22-9-13;1-2-3(4)5/h3-8,13H,9H2,1-2H3;2H2,1H3,(H,4,5). The minimum absolute atomic E-state index is 0.0294. The molecule has 0 fully saturated rings. The maximum atomic E-state index is 13.3. The first kappa shape index (κ1) is 21.6. The van der Waals surface area contributed by atoms with Crippen LogP contribution in [-0.4, -0.2) is 32.2 Å². The van der Waals surface area contributed by atoms with Crippen molar-refractivity contribution in [2.75, 3.05) is 6.54 Å². The molecule has 0 saturated heterocycles. The molecule has 0 bridgehead atoms. The Balaban J connectivity index is 0.000000461. The monoisotopic (exact) mass is 429 g/mol. The highest BCUT2D eigenvalue weighted by Crippen LogP contribution is 2.34. The number of nitrogens with zero attached hydrogens (tertiary/aromatic N) is 5. The van der Waals surface area contributed by atoms with Gasteiger partial charge >= 0.3 is 5.97 Å². The van der Waals surface area contributed by atoms with Crippen LogP contribution in [0.1, 0.15) is 36.1 Å². The van der Waals surface area contributed by atoms with Crippen LogP contribution in [-0.2, 0) is 4.79 Å². The lowest BCUT2D eigenvalue weighted by Gasteiger charge is -2.14. The number of halogens is 2. The molecule has 9 heteroatoms. The van der Waals surface area contributed by atoms with E-state index in [0.717, 1.165) is 33.7 Å². The summed E-state index contributed by atoms with van der Waals surface area (Å²) in [4.78, 5) is 14.2. The van der Waals surface area contributed by atoms with Gasteiger partial charge in [0.15, 0.2) is 10.8 Å². The topological polar surface area (TPSA) is 92.2 Å². The molecule has 2 aromatic heterocycles. The molecule has 0 amide bonds. The summed E-state index contributed by atoms with van der Waals surface area (Å²) in [5, 5.41) is 20.7. The predicted octanol–water partition coefficient (Wildman–Crippen LogP) is 5.35. The zero-order valence-corrected chi connectivity index (χ0v) is 17.6. The number of benzene rings is 1. The smallest absolute Gasteiger partial charge is 0.303 e. The van der Waals surface area contributed by atoms with Crippen molar-refractivity contribution in [1.29, 1.82) is 0 Å². The third kappa shape index (κ3) is 4.38. The lowest BCUT2D eigenvalue weighted by atomic mass is 9.99. The highest BCUT2D eigenvalue weighted by atomic mass is 35.5. The van der Waals surface area contributed by atoms with Crippen molar-refractivity contribution in [2.45, 2.75) is 33.1 Å². The molecule has 30 heavy (non-hydrogen) atoms. The zero-order chi connectivity index (χ0) is 21.8. The molecular weight excluding hydrogens is 409 g/mol. The summed E-state index contributed by atoms with van der Waals surface area (Å²) in [6, 6.07) is 6.30. The van der Waals surface area contributed by atoms with Gasteiger partial charge in [-0.3, -0.25) is 4.79 Å². The maximum absolute atomic E-state index is 13.3. The Morgan fingerprint density at radius 2 is 1.93 bits per heavy atom. The summed E-state index contributed by atoms with van der Waals surface area (Å²) in [5.41, 5.74) is 5.06. The molecule has 1 unspecified atom stereocenters. The van der Waals surface area contributed by atoms with Gasteiger partial charge in [-0.05, 0) is 49.2 Å². The Labute approximate surface area is 177 Å². The van der Waals surface area contributed by atoms with Gasteiger partial charge in [0.2, 0.25) is 0 Å². The number of carbonyl (C=O) groups is 1. The van der Waals surface area contributed by atoms with Gasteiger partial charge in [-0.15, -0.1) is 0 Å². The first-order chi connectivity index (χ1) is 14.3. The Morgan fingerprint density at radius 1 is 1.27 bits per heavy atom. The Morgan fingerprint density at radius 3 is 2.50 bits per heavy atom. The average molecular weight is 430 g/mol. The number of carboxylic acid groups (broad SMARTS) is 1. The second-order valence-electron chi connectivity index (χ2n) is 6.76. The van der Waals surface area contributed by atoms with Crippen molar-refractivity contribution < 1.29 is 14.3 Å². The number of hydrogen-bond acceptors (Lipinski definition) is 5. The largest absolute Gasteiger partial charge is 0.481 e. The number of aromatic nitrogens is 3. The molecule has 3 aromatic rings. The number of rotatable bonds is 3. The minimum atomic E-state index is -0.745. The first-order valence-electron chi connectivity index (χ1n) is 9.39. The second-order valence-corrected chi connectivity index (χ2v) is 7.12. The molecule has 0 saturated carbocycles. The molecule has 0 aliphatic carbocycles. The third-order valence-electron chi connectivity index (χ3n) is 4.80. The molecule has 0 radical (unpaired) electrons. The van der Waals surface area contributed by atoms with E-state index in [-0.39, 0.29) is 18.2 Å². The Bertz CT molecular complexity index is 1140. The van der Waals surface area contributed by atoms with Crippen LogP contribution in [0.15, 0.2) is 46.8 Å². The number of imidazole rings is 1. The van der Waals surface area contributed by atoms with Crippen molar-refractivity contribution in [2.24, 2.45) is 10.2 Å². The average Bonchev–Trinajstić information content (AvgIpc) is 3.13. The number of aliphatic carboxylic acids is 1. The van der Waals surface area contributed by atoms with Crippen LogP contribution in [0.5, 0.6) is 0 Å². The highest BCUT2D eigenvalue weighted by molar-refractivity contribution is 6.30. The Kier molecular flexibility index (Phi) is 6.56. The molecule has 1 aromatic carbocycles. The quantitative estimate of drug-likeness (QED) is 0.607. The van der Waals surface area contributed by atoms with Gasteiger partial charge in [-0.1, -0.05) is 24.6 Å². The molecule has 0 spiro atoms. The van der Waals surface area contributed by atoms with Crippen LogP contribution < -0.4 is 0 Å².